The van der Waals surface area contributed by atoms with Crippen molar-refractivity contribution in [3.05, 3.63) is 29.3 Å². The molecule has 1 rings (SSSR count). The number of hydrogen-bond acceptors (Lipinski definition) is 3. The van der Waals surface area contributed by atoms with Crippen molar-refractivity contribution in [3.63, 3.8) is 0 Å². The van der Waals surface area contributed by atoms with E-state index in [1.807, 2.05) is 13.0 Å². The molecule has 0 saturated heterocycles. The third-order valence-corrected chi connectivity index (χ3v) is 4.20. The van der Waals surface area contributed by atoms with Crippen molar-refractivity contribution in [2.75, 3.05) is 11.3 Å². The highest BCUT2D eigenvalue weighted by Gasteiger charge is 2.15. The van der Waals surface area contributed by atoms with Gasteiger partial charge in [0.2, 0.25) is 10.0 Å². The van der Waals surface area contributed by atoms with Gasteiger partial charge in [0.25, 0.3) is 0 Å². The minimum Gasteiger partial charge on any atom is -0.320 e. The van der Waals surface area contributed by atoms with Crippen LogP contribution in [-0.2, 0) is 10.0 Å². The van der Waals surface area contributed by atoms with Crippen molar-refractivity contribution in [2.24, 2.45) is 5.73 Å². The van der Waals surface area contributed by atoms with E-state index in [9.17, 15) is 8.42 Å². The maximum absolute atomic E-state index is 11.7. The molecule has 0 spiro atoms. The molecule has 1 aromatic rings. The van der Waals surface area contributed by atoms with Crippen LogP contribution in [0.4, 0.5) is 5.69 Å². The molecule has 0 saturated carbocycles. The Morgan fingerprint density at radius 3 is 2.61 bits per heavy atom. The fourth-order valence-electron chi connectivity index (χ4n) is 1.25. The smallest absolute Gasteiger partial charge is 0.235 e. The second kappa shape index (κ2) is 5.89. The van der Waals surface area contributed by atoms with Crippen LogP contribution in [-0.4, -0.2) is 20.2 Å². The molecule has 0 aromatic heterocycles. The lowest BCUT2D eigenvalue weighted by molar-refractivity contribution is 0.593. The molecular formula is C13H18N2O2S. The van der Waals surface area contributed by atoms with E-state index in [4.69, 9.17) is 5.73 Å². The predicted octanol–water partition coefficient (Wildman–Crippen LogP) is 1.46. The summed E-state index contributed by atoms with van der Waals surface area (Å²) in [4.78, 5) is 0. The molecule has 98 valence electrons. The van der Waals surface area contributed by atoms with Gasteiger partial charge >= 0.3 is 0 Å². The first-order chi connectivity index (χ1) is 8.36. The first-order valence-corrected chi connectivity index (χ1v) is 7.22. The highest BCUT2D eigenvalue weighted by atomic mass is 32.2. The molecule has 0 aliphatic carbocycles. The quantitative estimate of drug-likeness (QED) is 0.813. The maximum Gasteiger partial charge on any atom is 0.235 e. The average molecular weight is 266 g/mol. The van der Waals surface area contributed by atoms with Gasteiger partial charge in [0.15, 0.2) is 0 Å². The van der Waals surface area contributed by atoms with Gasteiger partial charge in [-0.3, -0.25) is 4.72 Å². The second-order valence-corrected chi connectivity index (χ2v) is 6.47. The zero-order valence-corrected chi connectivity index (χ0v) is 11.6. The molecule has 0 unspecified atom stereocenters. The van der Waals surface area contributed by atoms with Gasteiger partial charge in [-0.25, -0.2) is 8.42 Å². The first kappa shape index (κ1) is 14.6. The van der Waals surface area contributed by atoms with Crippen LogP contribution in [0.1, 0.15) is 25.0 Å². The Kier molecular flexibility index (Phi) is 4.76. The van der Waals surface area contributed by atoms with Crippen LogP contribution in [0, 0.1) is 18.8 Å². The molecule has 0 atom stereocenters. The molecule has 0 heterocycles. The largest absolute Gasteiger partial charge is 0.320 e. The van der Waals surface area contributed by atoms with Crippen LogP contribution in [0.2, 0.25) is 0 Å². The summed E-state index contributed by atoms with van der Waals surface area (Å²) < 4.78 is 26.0. The highest BCUT2D eigenvalue weighted by Crippen LogP contribution is 2.17. The fraction of sp³-hybridized carbons (Fsp3) is 0.385. The molecule has 0 radical (unpaired) electrons. The molecular weight excluding hydrogens is 248 g/mol. The molecule has 0 aliphatic rings. The average Bonchev–Trinajstić information content (AvgIpc) is 2.29. The van der Waals surface area contributed by atoms with Gasteiger partial charge in [-0.1, -0.05) is 17.9 Å². The molecule has 4 nitrogen and oxygen atoms in total. The zero-order chi connectivity index (χ0) is 13.8. The number of rotatable bonds is 3. The topological polar surface area (TPSA) is 72.2 Å². The number of nitrogens with two attached hydrogens (primary N) is 1. The normalized spacial score (nSPS) is 10.9. The van der Waals surface area contributed by atoms with E-state index >= 15 is 0 Å². The molecule has 0 aliphatic heterocycles. The Morgan fingerprint density at radius 1 is 1.39 bits per heavy atom. The summed E-state index contributed by atoms with van der Waals surface area (Å²) in [5.74, 6) is 5.68. The first-order valence-electron chi connectivity index (χ1n) is 5.68. The summed E-state index contributed by atoms with van der Waals surface area (Å²) in [6.45, 7) is 5.46. The van der Waals surface area contributed by atoms with Crippen LogP contribution in [0.25, 0.3) is 0 Å². The van der Waals surface area contributed by atoms with Gasteiger partial charge in [0.05, 0.1) is 11.8 Å². The Hall–Kier alpha value is -1.51. The Morgan fingerprint density at radius 2 is 2.06 bits per heavy atom. The lowest BCUT2D eigenvalue weighted by Gasteiger charge is -2.11. The van der Waals surface area contributed by atoms with E-state index in [-0.39, 0.29) is 6.54 Å². The third kappa shape index (κ3) is 3.76. The van der Waals surface area contributed by atoms with Crippen molar-refractivity contribution >= 4 is 15.7 Å². The van der Waals surface area contributed by atoms with Crippen LogP contribution in [0.3, 0.4) is 0 Å². The minimum atomic E-state index is -3.32. The van der Waals surface area contributed by atoms with Crippen LogP contribution in [0.5, 0.6) is 0 Å². The molecule has 0 fully saturated rings. The summed E-state index contributed by atoms with van der Waals surface area (Å²) in [7, 11) is -3.32. The van der Waals surface area contributed by atoms with Gasteiger partial charge in [-0.05, 0) is 38.5 Å². The molecule has 1 aromatic carbocycles. The van der Waals surface area contributed by atoms with E-state index in [2.05, 4.69) is 16.6 Å². The number of nitrogens with one attached hydrogen (secondary N) is 1. The summed E-state index contributed by atoms with van der Waals surface area (Å²) in [5.41, 5.74) is 7.62. The van der Waals surface area contributed by atoms with E-state index in [0.717, 1.165) is 11.1 Å². The van der Waals surface area contributed by atoms with Crippen molar-refractivity contribution in [1.29, 1.82) is 0 Å². The van der Waals surface area contributed by atoms with Crippen molar-refractivity contribution in [1.82, 2.24) is 0 Å². The molecule has 18 heavy (non-hydrogen) atoms. The molecule has 3 N–H and O–H groups in total. The summed E-state index contributed by atoms with van der Waals surface area (Å²) in [6, 6.07) is 5.28. The standard InChI is InChI=1S/C13H18N2O2S/c1-10(2)18(16,17)15-13-7-6-11(3)12(9-13)5-4-8-14/h6-7,9-10,15H,8,14H2,1-3H3. The van der Waals surface area contributed by atoms with Gasteiger partial charge in [0.1, 0.15) is 0 Å². The SMILES string of the molecule is Cc1ccc(NS(=O)(=O)C(C)C)cc1C#CCN. The van der Waals surface area contributed by atoms with E-state index in [0.29, 0.717) is 5.69 Å². The van der Waals surface area contributed by atoms with Gasteiger partial charge < -0.3 is 5.73 Å². The van der Waals surface area contributed by atoms with Crippen LogP contribution < -0.4 is 10.5 Å². The van der Waals surface area contributed by atoms with Gasteiger partial charge in [-0.2, -0.15) is 0 Å². The number of benzene rings is 1. The molecule has 5 heteroatoms. The minimum absolute atomic E-state index is 0.279. The van der Waals surface area contributed by atoms with Crippen molar-refractivity contribution in [2.45, 2.75) is 26.0 Å². The number of sulfonamides is 1. The maximum atomic E-state index is 11.7. The van der Waals surface area contributed by atoms with Gasteiger partial charge in [0, 0.05) is 11.3 Å². The Labute approximate surface area is 109 Å². The van der Waals surface area contributed by atoms with E-state index < -0.39 is 15.3 Å². The number of hydrogen-bond donors (Lipinski definition) is 2. The monoisotopic (exact) mass is 266 g/mol. The van der Waals surface area contributed by atoms with Gasteiger partial charge in [-0.15, -0.1) is 0 Å². The molecule has 0 bridgehead atoms. The van der Waals surface area contributed by atoms with E-state index in [1.54, 1.807) is 26.0 Å². The van der Waals surface area contributed by atoms with Crippen LogP contribution in [0.15, 0.2) is 18.2 Å². The predicted molar refractivity (Wildman–Crippen MR) is 74.8 cm³/mol. The summed E-state index contributed by atoms with van der Waals surface area (Å²) >= 11 is 0. The Balaban J connectivity index is 3.06. The second-order valence-electron chi connectivity index (χ2n) is 4.23. The van der Waals surface area contributed by atoms with Crippen LogP contribution >= 0.6 is 0 Å². The number of aryl methyl sites for hydroxylation is 1. The van der Waals surface area contributed by atoms with E-state index in [1.165, 1.54) is 0 Å². The van der Waals surface area contributed by atoms with Crippen molar-refractivity contribution in [3.8, 4) is 11.8 Å². The van der Waals surface area contributed by atoms with Crippen molar-refractivity contribution < 1.29 is 8.42 Å². The summed E-state index contributed by atoms with van der Waals surface area (Å²) in [6.07, 6.45) is 0. The third-order valence-electron chi connectivity index (χ3n) is 2.44. The fourth-order valence-corrected chi connectivity index (χ4v) is 1.94. The molecule has 0 amide bonds. The number of anilines is 1. The zero-order valence-electron chi connectivity index (χ0n) is 10.8. The lowest BCUT2D eigenvalue weighted by atomic mass is 10.1. The lowest BCUT2D eigenvalue weighted by Crippen LogP contribution is -2.22. The highest BCUT2D eigenvalue weighted by molar-refractivity contribution is 7.93. The summed E-state index contributed by atoms with van der Waals surface area (Å²) in [5, 5.41) is -0.475. The Bertz CT molecular complexity index is 581.